The lowest BCUT2D eigenvalue weighted by atomic mass is 9.69. The van der Waals surface area contributed by atoms with Crippen LogP contribution >= 0.6 is 0 Å². The van der Waals surface area contributed by atoms with Gasteiger partial charge >= 0.3 is 0 Å². The molecule has 2 atom stereocenters. The van der Waals surface area contributed by atoms with Gasteiger partial charge in [0.05, 0.1) is 5.60 Å². The Morgan fingerprint density at radius 1 is 1.20 bits per heavy atom. The highest BCUT2D eigenvalue weighted by atomic mass is 16.5. The Morgan fingerprint density at radius 2 is 1.95 bits per heavy atom. The van der Waals surface area contributed by atoms with E-state index in [1.165, 1.54) is 36.8 Å². The summed E-state index contributed by atoms with van der Waals surface area (Å²) in [5.74, 6) is 2.79. The van der Waals surface area contributed by atoms with E-state index in [0.29, 0.717) is 12.0 Å². The Balaban J connectivity index is 1.85. The van der Waals surface area contributed by atoms with Crippen LogP contribution in [-0.2, 0) is 4.74 Å². The first-order valence-electron chi connectivity index (χ1n) is 7.94. The fraction of sp³-hybridized carbons (Fsp3) is 0.765. The molecule has 1 aliphatic heterocycles. The van der Waals surface area contributed by atoms with Gasteiger partial charge in [0, 0.05) is 18.2 Å². The minimum absolute atomic E-state index is 0.207. The molecule has 2 aliphatic rings. The Hall–Kier alpha value is -0.800. The van der Waals surface area contributed by atoms with Crippen molar-refractivity contribution in [3.05, 3.63) is 22.6 Å². The molecule has 1 aromatic heterocycles. The number of nitrogens with one attached hydrogen (secondary N) is 1. The maximum atomic E-state index is 6.08. The summed E-state index contributed by atoms with van der Waals surface area (Å²) < 4.78 is 11.9. The molecule has 1 N–H and O–H groups in total. The zero-order valence-corrected chi connectivity index (χ0v) is 13.2. The molecule has 0 aromatic carbocycles. The predicted molar refractivity (Wildman–Crippen MR) is 80.0 cm³/mol. The van der Waals surface area contributed by atoms with Crippen LogP contribution in [0.5, 0.6) is 0 Å². The molecule has 112 valence electrons. The van der Waals surface area contributed by atoms with E-state index in [4.69, 9.17) is 9.15 Å². The Labute approximate surface area is 122 Å². The number of hydrogen-bond acceptors (Lipinski definition) is 3. The molecule has 1 spiro atoms. The Morgan fingerprint density at radius 3 is 2.45 bits per heavy atom. The highest BCUT2D eigenvalue weighted by Gasteiger charge is 2.44. The number of ether oxygens (including phenoxy) is 1. The third-order valence-electron chi connectivity index (χ3n) is 5.51. The van der Waals surface area contributed by atoms with Crippen LogP contribution in [0.15, 0.2) is 4.42 Å². The van der Waals surface area contributed by atoms with Gasteiger partial charge in [-0.3, -0.25) is 0 Å². The lowest BCUT2D eigenvalue weighted by molar-refractivity contribution is -0.147. The fourth-order valence-electron chi connectivity index (χ4n) is 4.15. The van der Waals surface area contributed by atoms with Crippen molar-refractivity contribution in [2.45, 2.75) is 64.5 Å². The standard InChI is InChI=1S/C17H27NO2/c1-11-12(2)20-13(3)15(11)16(18-4)14-6-9-19-17(10-14)7-5-8-17/h14,16,18H,5-10H2,1-4H3. The van der Waals surface area contributed by atoms with Gasteiger partial charge in [-0.15, -0.1) is 0 Å². The molecular weight excluding hydrogens is 250 g/mol. The molecule has 1 aliphatic carbocycles. The van der Waals surface area contributed by atoms with E-state index in [0.717, 1.165) is 24.5 Å². The second-order valence-corrected chi connectivity index (χ2v) is 6.66. The summed E-state index contributed by atoms with van der Waals surface area (Å²) in [5, 5.41) is 3.55. The van der Waals surface area contributed by atoms with Gasteiger partial charge in [-0.25, -0.2) is 0 Å². The molecule has 1 saturated carbocycles. The molecule has 3 nitrogen and oxygen atoms in total. The van der Waals surface area contributed by atoms with Gasteiger partial charge in [-0.1, -0.05) is 0 Å². The summed E-state index contributed by atoms with van der Waals surface area (Å²) in [6.45, 7) is 7.26. The molecule has 0 radical (unpaired) electrons. The molecule has 2 fully saturated rings. The van der Waals surface area contributed by atoms with E-state index in [1.807, 2.05) is 0 Å². The van der Waals surface area contributed by atoms with Crippen molar-refractivity contribution in [3.63, 3.8) is 0 Å². The van der Waals surface area contributed by atoms with E-state index in [1.54, 1.807) is 0 Å². The Kier molecular flexibility index (Phi) is 3.67. The van der Waals surface area contributed by atoms with Crippen LogP contribution in [0, 0.1) is 26.7 Å². The highest BCUT2D eigenvalue weighted by molar-refractivity contribution is 5.35. The van der Waals surface area contributed by atoms with E-state index < -0.39 is 0 Å². The number of rotatable bonds is 3. The van der Waals surface area contributed by atoms with Crippen LogP contribution in [-0.4, -0.2) is 19.3 Å². The van der Waals surface area contributed by atoms with Gasteiger partial charge in [0.15, 0.2) is 0 Å². The van der Waals surface area contributed by atoms with Gasteiger partial charge in [0.1, 0.15) is 11.5 Å². The molecule has 3 rings (SSSR count). The quantitative estimate of drug-likeness (QED) is 0.912. The van der Waals surface area contributed by atoms with Gasteiger partial charge in [-0.05, 0) is 71.4 Å². The minimum atomic E-state index is 0.207. The monoisotopic (exact) mass is 277 g/mol. The van der Waals surface area contributed by atoms with Crippen LogP contribution in [0.1, 0.15) is 60.8 Å². The first kappa shape index (κ1) is 14.2. The van der Waals surface area contributed by atoms with Crippen LogP contribution in [0.2, 0.25) is 0 Å². The molecule has 1 aromatic rings. The van der Waals surface area contributed by atoms with Crippen molar-refractivity contribution >= 4 is 0 Å². The molecule has 0 amide bonds. The van der Waals surface area contributed by atoms with Crippen LogP contribution < -0.4 is 5.32 Å². The zero-order chi connectivity index (χ0) is 14.3. The minimum Gasteiger partial charge on any atom is -0.466 e. The summed E-state index contributed by atoms with van der Waals surface area (Å²) in [6.07, 6.45) is 6.18. The highest BCUT2D eigenvalue weighted by Crippen LogP contribution is 2.48. The van der Waals surface area contributed by atoms with Gasteiger partial charge in [0.25, 0.3) is 0 Å². The average molecular weight is 277 g/mol. The Bertz CT molecular complexity index is 487. The van der Waals surface area contributed by atoms with Crippen molar-refractivity contribution in [3.8, 4) is 0 Å². The SMILES string of the molecule is CNC(c1c(C)oc(C)c1C)C1CCOC2(CCC2)C1. The maximum absolute atomic E-state index is 6.08. The van der Waals surface area contributed by atoms with Crippen LogP contribution in [0.4, 0.5) is 0 Å². The first-order valence-corrected chi connectivity index (χ1v) is 7.94. The summed E-state index contributed by atoms with van der Waals surface area (Å²) in [6, 6.07) is 0.397. The van der Waals surface area contributed by atoms with Crippen molar-refractivity contribution in [2.75, 3.05) is 13.7 Å². The summed E-state index contributed by atoms with van der Waals surface area (Å²) in [4.78, 5) is 0. The lowest BCUT2D eigenvalue weighted by Gasteiger charge is -2.48. The third kappa shape index (κ3) is 2.21. The summed E-state index contributed by atoms with van der Waals surface area (Å²) in [7, 11) is 2.08. The van der Waals surface area contributed by atoms with Crippen molar-refractivity contribution in [2.24, 2.45) is 5.92 Å². The van der Waals surface area contributed by atoms with E-state index in [9.17, 15) is 0 Å². The van der Waals surface area contributed by atoms with Crippen LogP contribution in [0.3, 0.4) is 0 Å². The number of hydrogen-bond donors (Lipinski definition) is 1. The summed E-state index contributed by atoms with van der Waals surface area (Å²) in [5.41, 5.74) is 2.90. The van der Waals surface area contributed by atoms with Crippen molar-refractivity contribution < 1.29 is 9.15 Å². The molecule has 1 saturated heterocycles. The average Bonchev–Trinajstić information content (AvgIpc) is 2.65. The van der Waals surface area contributed by atoms with E-state index in [2.05, 4.69) is 33.1 Å². The molecule has 2 heterocycles. The van der Waals surface area contributed by atoms with Crippen LogP contribution in [0.25, 0.3) is 0 Å². The van der Waals surface area contributed by atoms with Gasteiger partial charge in [-0.2, -0.15) is 0 Å². The van der Waals surface area contributed by atoms with Gasteiger partial charge < -0.3 is 14.5 Å². The smallest absolute Gasteiger partial charge is 0.106 e. The third-order valence-corrected chi connectivity index (χ3v) is 5.51. The molecule has 0 bridgehead atoms. The van der Waals surface area contributed by atoms with E-state index >= 15 is 0 Å². The van der Waals surface area contributed by atoms with Gasteiger partial charge in [0.2, 0.25) is 0 Å². The second kappa shape index (κ2) is 5.19. The topological polar surface area (TPSA) is 34.4 Å². The fourth-order valence-corrected chi connectivity index (χ4v) is 4.15. The van der Waals surface area contributed by atoms with Crippen molar-refractivity contribution in [1.82, 2.24) is 5.32 Å². The summed E-state index contributed by atoms with van der Waals surface area (Å²) >= 11 is 0. The second-order valence-electron chi connectivity index (χ2n) is 6.66. The molecular formula is C17H27NO2. The normalized spacial score (nSPS) is 26.5. The molecule has 2 unspecified atom stereocenters. The predicted octanol–water partition coefficient (Wildman–Crippen LogP) is 3.81. The maximum Gasteiger partial charge on any atom is 0.106 e. The van der Waals surface area contributed by atoms with E-state index in [-0.39, 0.29) is 5.60 Å². The van der Waals surface area contributed by atoms with Crippen molar-refractivity contribution in [1.29, 1.82) is 0 Å². The largest absolute Gasteiger partial charge is 0.466 e. The molecule has 20 heavy (non-hydrogen) atoms. The first-order chi connectivity index (χ1) is 9.56. The zero-order valence-electron chi connectivity index (χ0n) is 13.2. The number of aryl methyl sites for hydroxylation is 2. The number of furan rings is 1. The molecule has 3 heteroatoms. The lowest BCUT2D eigenvalue weighted by Crippen LogP contribution is -2.47.